The Labute approximate surface area is 115 Å². The monoisotopic (exact) mass is 297 g/mol. The molecule has 18 heavy (non-hydrogen) atoms. The van der Waals surface area contributed by atoms with E-state index in [4.69, 9.17) is 6.11 Å². The maximum absolute atomic E-state index is 8.21. The molecule has 0 unspecified atom stereocenters. The van der Waals surface area contributed by atoms with Crippen LogP contribution < -0.4 is 4.74 Å². The Hall–Kier alpha value is -1.80. The SMILES string of the molecule is [2H]c1ccc2c(Br)ccc3c2c1-c1ccccc1O3. The van der Waals surface area contributed by atoms with Gasteiger partial charge in [-0.25, -0.2) is 0 Å². The first-order chi connectivity index (χ1) is 9.25. The third kappa shape index (κ3) is 1.27. The van der Waals surface area contributed by atoms with E-state index >= 15 is 0 Å². The molecule has 0 radical (unpaired) electrons. The molecular weight excluding hydrogens is 288 g/mol. The van der Waals surface area contributed by atoms with E-state index in [9.17, 15) is 0 Å². The van der Waals surface area contributed by atoms with Crippen LogP contribution >= 0.6 is 15.9 Å². The predicted molar refractivity (Wildman–Crippen MR) is 77.2 cm³/mol. The molecule has 1 nitrogen and oxygen atoms in total. The second kappa shape index (κ2) is 3.59. The molecule has 1 aliphatic rings. The van der Waals surface area contributed by atoms with Crippen molar-refractivity contribution in [2.45, 2.75) is 0 Å². The fourth-order valence-electron chi connectivity index (χ4n) is 2.45. The molecule has 0 spiro atoms. The summed E-state index contributed by atoms with van der Waals surface area (Å²) in [5, 5.41) is 2.10. The van der Waals surface area contributed by atoms with Gasteiger partial charge >= 0.3 is 0 Å². The van der Waals surface area contributed by atoms with Crippen LogP contribution in [0.15, 0.2) is 59.0 Å². The largest absolute Gasteiger partial charge is 0.456 e. The lowest BCUT2D eigenvalue weighted by atomic mass is 9.95. The van der Waals surface area contributed by atoms with Crippen molar-refractivity contribution in [2.75, 3.05) is 0 Å². The lowest BCUT2D eigenvalue weighted by molar-refractivity contribution is 0.487. The van der Waals surface area contributed by atoms with Gasteiger partial charge in [0.15, 0.2) is 0 Å². The third-order valence-corrected chi connectivity index (χ3v) is 3.95. The van der Waals surface area contributed by atoms with E-state index in [1.54, 1.807) is 0 Å². The molecule has 0 bridgehead atoms. The van der Waals surface area contributed by atoms with E-state index in [1.165, 1.54) is 0 Å². The van der Waals surface area contributed by atoms with Crippen LogP contribution in [0.5, 0.6) is 11.5 Å². The van der Waals surface area contributed by atoms with Crippen molar-refractivity contribution in [2.24, 2.45) is 0 Å². The van der Waals surface area contributed by atoms with E-state index in [1.807, 2.05) is 48.5 Å². The number of benzene rings is 3. The molecule has 0 atom stereocenters. The summed E-state index contributed by atoms with van der Waals surface area (Å²) in [6, 6.07) is 16.1. The lowest BCUT2D eigenvalue weighted by Crippen LogP contribution is -1.96. The molecule has 4 rings (SSSR count). The Morgan fingerprint density at radius 1 is 0.889 bits per heavy atom. The summed E-state index contributed by atoms with van der Waals surface area (Å²) in [5.41, 5.74) is 1.94. The van der Waals surface area contributed by atoms with Crippen molar-refractivity contribution in [3.8, 4) is 22.6 Å². The van der Waals surface area contributed by atoms with Crippen LogP contribution in [-0.4, -0.2) is 0 Å². The first-order valence-corrected chi connectivity index (χ1v) is 6.54. The average Bonchev–Trinajstić information content (AvgIpc) is 2.44. The van der Waals surface area contributed by atoms with E-state index in [0.29, 0.717) is 6.04 Å². The first kappa shape index (κ1) is 9.17. The second-order valence-corrected chi connectivity index (χ2v) is 5.14. The van der Waals surface area contributed by atoms with Crippen molar-refractivity contribution in [3.63, 3.8) is 0 Å². The Morgan fingerprint density at radius 3 is 2.72 bits per heavy atom. The molecule has 3 aromatic carbocycles. The Kier molecular flexibility index (Phi) is 1.83. The highest BCUT2D eigenvalue weighted by atomic mass is 79.9. The minimum atomic E-state index is 0.530. The van der Waals surface area contributed by atoms with Crippen molar-refractivity contribution in [3.05, 3.63) is 59.0 Å². The van der Waals surface area contributed by atoms with Gasteiger partial charge in [-0.15, -0.1) is 0 Å². The lowest BCUT2D eigenvalue weighted by Gasteiger charge is -2.21. The van der Waals surface area contributed by atoms with E-state index in [2.05, 4.69) is 15.9 Å². The molecule has 0 aliphatic carbocycles. The topological polar surface area (TPSA) is 9.23 Å². The van der Waals surface area contributed by atoms with Crippen molar-refractivity contribution in [1.29, 1.82) is 0 Å². The van der Waals surface area contributed by atoms with E-state index < -0.39 is 0 Å². The quantitative estimate of drug-likeness (QED) is 0.424. The van der Waals surface area contributed by atoms with Gasteiger partial charge in [0.1, 0.15) is 11.5 Å². The fourth-order valence-corrected chi connectivity index (χ4v) is 2.92. The summed E-state index contributed by atoms with van der Waals surface area (Å²) < 4.78 is 15.2. The highest BCUT2D eigenvalue weighted by Crippen LogP contribution is 2.47. The van der Waals surface area contributed by atoms with Crippen molar-refractivity contribution >= 4 is 26.7 Å². The van der Waals surface area contributed by atoms with Crippen molar-refractivity contribution in [1.82, 2.24) is 0 Å². The van der Waals surface area contributed by atoms with Crippen LogP contribution in [0.4, 0.5) is 0 Å². The molecular formula is C16H9BrO. The Morgan fingerprint density at radius 2 is 1.78 bits per heavy atom. The molecule has 86 valence electrons. The summed E-state index contributed by atoms with van der Waals surface area (Å²) in [6.45, 7) is 0. The third-order valence-electron chi connectivity index (χ3n) is 3.26. The summed E-state index contributed by atoms with van der Waals surface area (Å²) in [4.78, 5) is 0. The average molecular weight is 298 g/mol. The molecule has 1 aliphatic heterocycles. The molecule has 0 aromatic heterocycles. The minimum Gasteiger partial charge on any atom is -0.456 e. The summed E-state index contributed by atoms with van der Waals surface area (Å²) in [7, 11) is 0. The molecule has 0 saturated heterocycles. The van der Waals surface area contributed by atoms with Crippen LogP contribution in [-0.2, 0) is 0 Å². The smallest absolute Gasteiger partial charge is 0.135 e. The van der Waals surface area contributed by atoms with Crippen LogP contribution in [0.2, 0.25) is 0 Å². The van der Waals surface area contributed by atoms with Gasteiger partial charge in [-0.1, -0.05) is 52.3 Å². The van der Waals surface area contributed by atoms with Gasteiger partial charge in [0, 0.05) is 20.8 Å². The maximum Gasteiger partial charge on any atom is 0.135 e. The Balaban J connectivity index is 2.25. The van der Waals surface area contributed by atoms with Gasteiger partial charge in [-0.05, 0) is 23.8 Å². The molecule has 1 heterocycles. The van der Waals surface area contributed by atoms with Gasteiger partial charge in [-0.3, -0.25) is 0 Å². The molecule has 0 fully saturated rings. The van der Waals surface area contributed by atoms with Gasteiger partial charge in [-0.2, -0.15) is 0 Å². The molecule has 0 amide bonds. The standard InChI is InChI=1S/C16H9BrO/c17-13-8-9-15-16-11(5-3-6-12(13)16)10-4-1-2-7-14(10)18-15/h1-9H/i5D. The van der Waals surface area contributed by atoms with Gasteiger partial charge in [0.25, 0.3) is 0 Å². The highest BCUT2D eigenvalue weighted by molar-refractivity contribution is 9.10. The number of hydrogen-bond acceptors (Lipinski definition) is 1. The van der Waals surface area contributed by atoms with E-state index in [0.717, 1.165) is 37.9 Å². The predicted octanol–water partition coefficient (Wildman–Crippen LogP) is 5.38. The highest BCUT2D eigenvalue weighted by Gasteiger charge is 2.19. The Bertz CT molecular complexity index is 826. The number of fused-ring (bicyclic) bond motifs is 2. The first-order valence-electron chi connectivity index (χ1n) is 6.25. The molecule has 0 saturated carbocycles. The van der Waals surface area contributed by atoms with E-state index in [-0.39, 0.29) is 0 Å². The number of rotatable bonds is 0. The maximum atomic E-state index is 8.21. The number of halogens is 1. The zero-order chi connectivity index (χ0) is 13.0. The summed E-state index contributed by atoms with van der Waals surface area (Å²) >= 11 is 3.57. The van der Waals surface area contributed by atoms with Crippen LogP contribution in [0.1, 0.15) is 1.37 Å². The zero-order valence-corrected chi connectivity index (χ0v) is 11.0. The second-order valence-electron chi connectivity index (χ2n) is 4.29. The summed E-state index contributed by atoms with van der Waals surface area (Å²) in [6.07, 6.45) is 0. The summed E-state index contributed by atoms with van der Waals surface area (Å²) in [5.74, 6) is 1.64. The van der Waals surface area contributed by atoms with Crippen LogP contribution in [0.3, 0.4) is 0 Å². The van der Waals surface area contributed by atoms with Crippen molar-refractivity contribution < 1.29 is 6.11 Å². The van der Waals surface area contributed by atoms with Crippen LogP contribution in [0.25, 0.3) is 21.9 Å². The van der Waals surface area contributed by atoms with Gasteiger partial charge in [0.2, 0.25) is 0 Å². The number of ether oxygens (including phenoxy) is 1. The molecule has 3 aromatic rings. The number of para-hydroxylation sites is 1. The molecule has 2 heteroatoms. The zero-order valence-electron chi connectivity index (χ0n) is 10.4. The fraction of sp³-hybridized carbons (Fsp3) is 0. The molecule has 0 N–H and O–H groups in total. The van der Waals surface area contributed by atoms with Gasteiger partial charge in [0.05, 0.1) is 1.37 Å². The number of hydrogen-bond donors (Lipinski definition) is 0. The minimum absolute atomic E-state index is 0.530. The van der Waals surface area contributed by atoms with Crippen LogP contribution in [0, 0.1) is 0 Å². The normalized spacial score (nSPS) is 12.8. The van der Waals surface area contributed by atoms with Gasteiger partial charge < -0.3 is 4.74 Å².